The van der Waals surface area contributed by atoms with E-state index < -0.39 is 0 Å². The Kier molecular flexibility index (Phi) is 4.43. The Balaban J connectivity index is 2.28. The molecule has 0 aliphatic carbocycles. The van der Waals surface area contributed by atoms with E-state index in [1.165, 1.54) is 4.88 Å². The zero-order valence-electron chi connectivity index (χ0n) is 11.9. The van der Waals surface area contributed by atoms with Gasteiger partial charge in [-0.1, -0.05) is 19.9 Å². The first kappa shape index (κ1) is 13.9. The number of nitrogens with one attached hydrogen (secondary N) is 1. The Morgan fingerprint density at radius 2 is 2.00 bits per heavy atom. The fourth-order valence-corrected chi connectivity index (χ4v) is 3.02. The summed E-state index contributed by atoms with van der Waals surface area (Å²) in [6.07, 6.45) is 1.83. The third kappa shape index (κ3) is 3.26. The predicted molar refractivity (Wildman–Crippen MR) is 84.1 cm³/mol. The highest BCUT2D eigenvalue weighted by atomic mass is 32.1. The van der Waals surface area contributed by atoms with Crippen LogP contribution in [-0.4, -0.2) is 19.1 Å². The van der Waals surface area contributed by atoms with Crippen molar-refractivity contribution >= 4 is 22.8 Å². The summed E-state index contributed by atoms with van der Waals surface area (Å²) in [5.41, 5.74) is 1.08. The molecule has 0 aliphatic heterocycles. The number of thiophene rings is 1. The van der Waals surface area contributed by atoms with E-state index in [0.717, 1.165) is 11.5 Å². The lowest BCUT2D eigenvalue weighted by molar-refractivity contribution is 0.553. The maximum atomic E-state index is 4.44. The van der Waals surface area contributed by atoms with Gasteiger partial charge >= 0.3 is 0 Å². The smallest absolute Gasteiger partial charge is 0.151 e. The van der Waals surface area contributed by atoms with Crippen LogP contribution >= 0.6 is 11.3 Å². The fraction of sp³-hybridized carbons (Fsp3) is 0.400. The second kappa shape index (κ2) is 6.06. The molecule has 0 bridgehead atoms. The molecular weight excluding hydrogens is 254 g/mol. The zero-order valence-corrected chi connectivity index (χ0v) is 12.7. The molecule has 0 aliphatic rings. The number of pyridine rings is 1. The van der Waals surface area contributed by atoms with Crippen molar-refractivity contribution in [1.82, 2.24) is 4.98 Å². The Morgan fingerprint density at radius 3 is 2.58 bits per heavy atom. The van der Waals surface area contributed by atoms with Crippen molar-refractivity contribution in [2.45, 2.75) is 19.9 Å². The van der Waals surface area contributed by atoms with Crippen molar-refractivity contribution in [3.8, 4) is 0 Å². The normalized spacial score (nSPS) is 12.5. The van der Waals surface area contributed by atoms with E-state index in [1.807, 2.05) is 31.3 Å². The molecule has 3 nitrogen and oxygen atoms in total. The SMILES string of the molecule is CC(C)C(Nc1cccnc1N(C)C)c1cccs1. The highest BCUT2D eigenvalue weighted by Crippen LogP contribution is 2.32. The van der Waals surface area contributed by atoms with Gasteiger partial charge in [0, 0.05) is 25.2 Å². The maximum Gasteiger partial charge on any atom is 0.151 e. The molecule has 0 fully saturated rings. The van der Waals surface area contributed by atoms with Crippen LogP contribution in [0.4, 0.5) is 11.5 Å². The van der Waals surface area contributed by atoms with Crippen LogP contribution in [0.2, 0.25) is 0 Å². The first-order chi connectivity index (χ1) is 9.09. The van der Waals surface area contributed by atoms with Gasteiger partial charge in [0.2, 0.25) is 0 Å². The van der Waals surface area contributed by atoms with E-state index in [4.69, 9.17) is 0 Å². The highest BCUT2D eigenvalue weighted by Gasteiger charge is 2.18. The van der Waals surface area contributed by atoms with Crippen LogP contribution in [-0.2, 0) is 0 Å². The van der Waals surface area contributed by atoms with Crippen LogP contribution in [0.1, 0.15) is 24.8 Å². The number of nitrogens with zero attached hydrogens (tertiary/aromatic N) is 2. The minimum atomic E-state index is 0.322. The molecule has 1 N–H and O–H groups in total. The lowest BCUT2D eigenvalue weighted by Crippen LogP contribution is -2.19. The van der Waals surface area contributed by atoms with E-state index in [-0.39, 0.29) is 0 Å². The summed E-state index contributed by atoms with van der Waals surface area (Å²) in [4.78, 5) is 7.84. The molecular formula is C15H21N3S. The van der Waals surface area contributed by atoms with Gasteiger partial charge in [-0.25, -0.2) is 4.98 Å². The van der Waals surface area contributed by atoms with Crippen LogP contribution in [0.25, 0.3) is 0 Å². The van der Waals surface area contributed by atoms with Crippen LogP contribution in [0.3, 0.4) is 0 Å². The standard InChI is InChI=1S/C15H21N3S/c1-11(2)14(13-8-6-10-19-13)17-12-7-5-9-16-15(12)18(3)4/h5-11,14,17H,1-4H3. The van der Waals surface area contributed by atoms with Crippen LogP contribution < -0.4 is 10.2 Å². The number of rotatable bonds is 5. The lowest BCUT2D eigenvalue weighted by Gasteiger charge is -2.25. The molecule has 2 heterocycles. The topological polar surface area (TPSA) is 28.2 Å². The zero-order chi connectivity index (χ0) is 13.8. The third-order valence-corrected chi connectivity index (χ3v) is 3.99. The molecule has 0 saturated carbocycles. The molecule has 0 saturated heterocycles. The average Bonchev–Trinajstić information content (AvgIpc) is 2.89. The van der Waals surface area contributed by atoms with E-state index in [1.54, 1.807) is 11.3 Å². The largest absolute Gasteiger partial charge is 0.374 e. The molecule has 1 unspecified atom stereocenters. The maximum absolute atomic E-state index is 4.44. The molecule has 19 heavy (non-hydrogen) atoms. The Morgan fingerprint density at radius 1 is 1.21 bits per heavy atom. The van der Waals surface area contributed by atoms with E-state index in [2.05, 4.69) is 47.7 Å². The molecule has 0 spiro atoms. The Labute approximate surface area is 119 Å². The predicted octanol–water partition coefficient (Wildman–Crippen LogP) is 4.02. The molecule has 2 rings (SSSR count). The first-order valence-corrected chi connectivity index (χ1v) is 7.40. The van der Waals surface area contributed by atoms with Crippen LogP contribution in [0.5, 0.6) is 0 Å². The summed E-state index contributed by atoms with van der Waals surface area (Å²) < 4.78 is 0. The van der Waals surface area contributed by atoms with E-state index in [0.29, 0.717) is 12.0 Å². The van der Waals surface area contributed by atoms with Crippen LogP contribution in [0, 0.1) is 5.92 Å². The average molecular weight is 275 g/mol. The number of hydrogen-bond donors (Lipinski definition) is 1. The molecule has 4 heteroatoms. The minimum Gasteiger partial charge on any atom is -0.374 e. The van der Waals surface area contributed by atoms with Crippen molar-refractivity contribution in [3.05, 3.63) is 40.7 Å². The summed E-state index contributed by atoms with van der Waals surface area (Å²) in [7, 11) is 4.03. The summed E-state index contributed by atoms with van der Waals surface area (Å²) in [5, 5.41) is 5.76. The minimum absolute atomic E-state index is 0.322. The van der Waals surface area contributed by atoms with Gasteiger partial charge in [-0.3, -0.25) is 0 Å². The number of hydrogen-bond acceptors (Lipinski definition) is 4. The lowest BCUT2D eigenvalue weighted by atomic mass is 10.0. The fourth-order valence-electron chi connectivity index (χ4n) is 2.07. The first-order valence-electron chi connectivity index (χ1n) is 6.52. The van der Waals surface area contributed by atoms with Gasteiger partial charge in [0.05, 0.1) is 11.7 Å². The summed E-state index contributed by atoms with van der Waals surface area (Å²) in [6, 6.07) is 8.68. The van der Waals surface area contributed by atoms with Gasteiger partial charge in [0.15, 0.2) is 5.82 Å². The van der Waals surface area contributed by atoms with E-state index >= 15 is 0 Å². The molecule has 0 aromatic carbocycles. The number of aromatic nitrogens is 1. The number of anilines is 2. The van der Waals surface area contributed by atoms with Gasteiger partial charge in [-0.15, -0.1) is 11.3 Å². The van der Waals surface area contributed by atoms with Crippen LogP contribution in [0.15, 0.2) is 35.8 Å². The van der Waals surface area contributed by atoms with Crippen molar-refractivity contribution in [2.24, 2.45) is 5.92 Å². The van der Waals surface area contributed by atoms with Gasteiger partial charge in [-0.2, -0.15) is 0 Å². The van der Waals surface area contributed by atoms with Gasteiger partial charge in [-0.05, 0) is 29.5 Å². The third-order valence-electron chi connectivity index (χ3n) is 3.04. The second-order valence-corrected chi connectivity index (χ2v) is 6.13. The molecule has 2 aromatic heterocycles. The molecule has 1 atom stereocenters. The summed E-state index contributed by atoms with van der Waals surface area (Å²) in [6.45, 7) is 4.48. The molecule has 0 radical (unpaired) electrons. The highest BCUT2D eigenvalue weighted by molar-refractivity contribution is 7.10. The molecule has 0 amide bonds. The molecule has 2 aromatic rings. The van der Waals surface area contributed by atoms with Crippen molar-refractivity contribution < 1.29 is 0 Å². The van der Waals surface area contributed by atoms with Gasteiger partial charge in [0.25, 0.3) is 0 Å². The molecule has 102 valence electrons. The Bertz CT molecular complexity index is 506. The van der Waals surface area contributed by atoms with Gasteiger partial charge < -0.3 is 10.2 Å². The Hall–Kier alpha value is -1.55. The van der Waals surface area contributed by atoms with Gasteiger partial charge in [0.1, 0.15) is 0 Å². The summed E-state index contributed by atoms with van der Waals surface area (Å²) in [5.74, 6) is 1.50. The second-order valence-electron chi connectivity index (χ2n) is 5.15. The van der Waals surface area contributed by atoms with E-state index in [9.17, 15) is 0 Å². The quantitative estimate of drug-likeness (QED) is 0.893. The van der Waals surface area contributed by atoms with Crippen molar-refractivity contribution in [2.75, 3.05) is 24.3 Å². The summed E-state index contributed by atoms with van der Waals surface area (Å²) >= 11 is 1.80. The monoisotopic (exact) mass is 275 g/mol. The van der Waals surface area contributed by atoms with Crippen molar-refractivity contribution in [1.29, 1.82) is 0 Å². The van der Waals surface area contributed by atoms with Crippen molar-refractivity contribution in [3.63, 3.8) is 0 Å².